The lowest BCUT2D eigenvalue weighted by atomic mass is 9.98. The van der Waals surface area contributed by atoms with E-state index >= 15 is 0 Å². The van der Waals surface area contributed by atoms with Crippen molar-refractivity contribution in [2.75, 3.05) is 7.05 Å². The van der Waals surface area contributed by atoms with Gasteiger partial charge in [-0.1, -0.05) is 26.7 Å². The molecule has 2 saturated carbocycles. The van der Waals surface area contributed by atoms with Gasteiger partial charge in [-0.25, -0.2) is 0 Å². The molecule has 3 unspecified atom stereocenters. The van der Waals surface area contributed by atoms with Gasteiger partial charge in [0.2, 0.25) is 0 Å². The molecule has 82 valence electrons. The van der Waals surface area contributed by atoms with Crippen LogP contribution < -0.4 is 5.32 Å². The van der Waals surface area contributed by atoms with Gasteiger partial charge < -0.3 is 5.32 Å². The molecule has 0 aromatic carbocycles. The van der Waals surface area contributed by atoms with Gasteiger partial charge in [-0.15, -0.1) is 0 Å². The van der Waals surface area contributed by atoms with Gasteiger partial charge in [0.15, 0.2) is 0 Å². The maximum Gasteiger partial charge on any atom is 0.0100 e. The Bertz CT molecular complexity index is 176. The lowest BCUT2D eigenvalue weighted by molar-refractivity contribution is 0.383. The highest BCUT2D eigenvalue weighted by atomic mass is 14.9. The molecule has 2 fully saturated rings. The number of fused-ring (bicyclic) bond motifs is 1. The highest BCUT2D eigenvalue weighted by Crippen LogP contribution is 2.57. The molecule has 0 bridgehead atoms. The normalized spacial score (nSPS) is 38.1. The zero-order valence-corrected chi connectivity index (χ0v) is 9.92. The Labute approximate surface area is 88.7 Å². The SMILES string of the molecule is CNC(CC(C)C)C1C2CCCCC21. The molecule has 14 heavy (non-hydrogen) atoms. The van der Waals surface area contributed by atoms with Gasteiger partial charge in [-0.3, -0.25) is 0 Å². The second-order valence-electron chi connectivity index (χ2n) is 5.71. The summed E-state index contributed by atoms with van der Waals surface area (Å²) in [6.07, 6.45) is 7.40. The minimum absolute atomic E-state index is 0.808. The zero-order valence-electron chi connectivity index (χ0n) is 9.92. The first-order valence-electron chi connectivity index (χ1n) is 6.41. The van der Waals surface area contributed by atoms with Crippen LogP contribution in [-0.2, 0) is 0 Å². The second kappa shape index (κ2) is 4.22. The topological polar surface area (TPSA) is 12.0 Å². The van der Waals surface area contributed by atoms with E-state index in [0.717, 1.165) is 29.7 Å². The largest absolute Gasteiger partial charge is 0.317 e. The molecule has 0 spiro atoms. The van der Waals surface area contributed by atoms with E-state index in [-0.39, 0.29) is 0 Å². The van der Waals surface area contributed by atoms with Crippen molar-refractivity contribution in [3.05, 3.63) is 0 Å². The molecular weight excluding hydrogens is 170 g/mol. The second-order valence-corrected chi connectivity index (χ2v) is 5.71. The fourth-order valence-corrected chi connectivity index (χ4v) is 3.62. The Morgan fingerprint density at radius 2 is 1.71 bits per heavy atom. The van der Waals surface area contributed by atoms with E-state index in [0.29, 0.717) is 0 Å². The Hall–Kier alpha value is -0.0400. The zero-order chi connectivity index (χ0) is 10.1. The fourth-order valence-electron chi connectivity index (χ4n) is 3.62. The predicted molar refractivity (Wildman–Crippen MR) is 61.2 cm³/mol. The van der Waals surface area contributed by atoms with Crippen molar-refractivity contribution in [2.24, 2.45) is 23.7 Å². The Balaban J connectivity index is 1.87. The molecule has 0 heterocycles. The quantitative estimate of drug-likeness (QED) is 0.727. The summed E-state index contributed by atoms with van der Waals surface area (Å²) < 4.78 is 0. The average Bonchev–Trinajstić information content (AvgIpc) is 2.88. The van der Waals surface area contributed by atoms with E-state index < -0.39 is 0 Å². The van der Waals surface area contributed by atoms with E-state index in [1.54, 1.807) is 0 Å². The summed E-state index contributed by atoms with van der Waals surface area (Å²) in [5.41, 5.74) is 0. The van der Waals surface area contributed by atoms with Gasteiger partial charge >= 0.3 is 0 Å². The molecule has 0 aromatic rings. The van der Waals surface area contributed by atoms with Crippen LogP contribution in [0.1, 0.15) is 46.0 Å². The highest BCUT2D eigenvalue weighted by molar-refractivity contribution is 5.04. The summed E-state index contributed by atoms with van der Waals surface area (Å²) >= 11 is 0. The number of nitrogens with one attached hydrogen (secondary N) is 1. The third-order valence-electron chi connectivity index (χ3n) is 4.28. The standard InChI is InChI=1S/C13H25N/c1-9(2)8-12(14-3)13-10-6-4-5-7-11(10)13/h9-14H,4-8H2,1-3H3. The van der Waals surface area contributed by atoms with Crippen LogP contribution in [0.2, 0.25) is 0 Å². The molecular formula is C13H25N. The van der Waals surface area contributed by atoms with Crippen molar-refractivity contribution in [3.8, 4) is 0 Å². The van der Waals surface area contributed by atoms with Crippen LogP contribution in [0.3, 0.4) is 0 Å². The van der Waals surface area contributed by atoms with Crippen molar-refractivity contribution < 1.29 is 0 Å². The Morgan fingerprint density at radius 3 is 2.14 bits per heavy atom. The van der Waals surface area contributed by atoms with Crippen LogP contribution in [0.4, 0.5) is 0 Å². The first-order valence-corrected chi connectivity index (χ1v) is 6.41. The summed E-state index contributed by atoms with van der Waals surface area (Å²) in [6.45, 7) is 4.69. The molecule has 2 rings (SSSR count). The van der Waals surface area contributed by atoms with E-state index in [1.165, 1.54) is 32.1 Å². The van der Waals surface area contributed by atoms with Gasteiger partial charge in [-0.2, -0.15) is 0 Å². The minimum atomic E-state index is 0.808. The highest BCUT2D eigenvalue weighted by Gasteiger charge is 2.53. The maximum atomic E-state index is 3.55. The van der Waals surface area contributed by atoms with Crippen LogP contribution in [-0.4, -0.2) is 13.1 Å². The van der Waals surface area contributed by atoms with Crippen molar-refractivity contribution >= 4 is 0 Å². The Kier molecular flexibility index (Phi) is 3.16. The average molecular weight is 195 g/mol. The molecule has 2 aliphatic rings. The summed E-state index contributed by atoms with van der Waals surface area (Å²) in [4.78, 5) is 0. The molecule has 0 aromatic heterocycles. The first-order chi connectivity index (χ1) is 6.74. The number of hydrogen-bond acceptors (Lipinski definition) is 1. The molecule has 3 atom stereocenters. The molecule has 1 heteroatoms. The van der Waals surface area contributed by atoms with Crippen LogP contribution in [0, 0.1) is 23.7 Å². The van der Waals surface area contributed by atoms with Crippen LogP contribution >= 0.6 is 0 Å². The predicted octanol–water partition coefficient (Wildman–Crippen LogP) is 3.06. The summed E-state index contributed by atoms with van der Waals surface area (Å²) in [7, 11) is 2.15. The summed E-state index contributed by atoms with van der Waals surface area (Å²) in [5.74, 6) is 4.07. The molecule has 1 N–H and O–H groups in total. The summed E-state index contributed by atoms with van der Waals surface area (Å²) in [5, 5.41) is 3.55. The van der Waals surface area contributed by atoms with Crippen molar-refractivity contribution in [2.45, 2.75) is 52.0 Å². The van der Waals surface area contributed by atoms with Gasteiger partial charge in [0.05, 0.1) is 0 Å². The smallest absolute Gasteiger partial charge is 0.0100 e. The fraction of sp³-hybridized carbons (Fsp3) is 1.00. The van der Waals surface area contributed by atoms with Gasteiger partial charge in [0.25, 0.3) is 0 Å². The van der Waals surface area contributed by atoms with Crippen molar-refractivity contribution in [1.82, 2.24) is 5.32 Å². The van der Waals surface area contributed by atoms with E-state index in [2.05, 4.69) is 26.2 Å². The van der Waals surface area contributed by atoms with Gasteiger partial charge in [0.1, 0.15) is 0 Å². The minimum Gasteiger partial charge on any atom is -0.317 e. The van der Waals surface area contributed by atoms with E-state index in [9.17, 15) is 0 Å². The molecule has 0 aliphatic heterocycles. The molecule has 0 saturated heterocycles. The number of hydrogen-bond donors (Lipinski definition) is 1. The lowest BCUT2D eigenvalue weighted by Crippen LogP contribution is -2.30. The van der Waals surface area contributed by atoms with Crippen molar-refractivity contribution in [1.29, 1.82) is 0 Å². The molecule has 0 amide bonds. The third-order valence-corrected chi connectivity index (χ3v) is 4.28. The molecule has 2 aliphatic carbocycles. The molecule has 0 radical (unpaired) electrons. The molecule has 1 nitrogen and oxygen atoms in total. The lowest BCUT2D eigenvalue weighted by Gasteiger charge is -2.18. The van der Waals surface area contributed by atoms with Crippen LogP contribution in [0.25, 0.3) is 0 Å². The van der Waals surface area contributed by atoms with Gasteiger partial charge in [0, 0.05) is 6.04 Å². The van der Waals surface area contributed by atoms with Crippen molar-refractivity contribution in [3.63, 3.8) is 0 Å². The maximum absolute atomic E-state index is 3.55. The van der Waals surface area contributed by atoms with Crippen LogP contribution in [0.5, 0.6) is 0 Å². The van der Waals surface area contributed by atoms with E-state index in [4.69, 9.17) is 0 Å². The Morgan fingerprint density at radius 1 is 1.14 bits per heavy atom. The van der Waals surface area contributed by atoms with Crippen LogP contribution in [0.15, 0.2) is 0 Å². The van der Waals surface area contributed by atoms with E-state index in [1.807, 2.05) is 0 Å². The van der Waals surface area contributed by atoms with Gasteiger partial charge in [-0.05, 0) is 50.0 Å². The first kappa shape index (κ1) is 10.5. The summed E-state index contributed by atoms with van der Waals surface area (Å²) in [6, 6.07) is 0.808. The number of rotatable bonds is 4. The monoisotopic (exact) mass is 195 g/mol. The third kappa shape index (κ3) is 1.98.